The number of nitrogens with one attached hydrogen (secondary N) is 2. The first-order chi connectivity index (χ1) is 14.1. The highest BCUT2D eigenvalue weighted by molar-refractivity contribution is 5.79. The molecule has 1 aromatic carbocycles. The maximum Gasteiger partial charge on any atom is 0.191 e. The summed E-state index contributed by atoms with van der Waals surface area (Å²) in [5.41, 5.74) is 1.37. The van der Waals surface area contributed by atoms with E-state index < -0.39 is 0 Å². The highest BCUT2D eigenvalue weighted by Gasteiger charge is 2.28. The largest absolute Gasteiger partial charge is 0.381 e. The van der Waals surface area contributed by atoms with E-state index in [-0.39, 0.29) is 5.54 Å². The second-order valence-electron chi connectivity index (χ2n) is 8.09. The highest BCUT2D eigenvalue weighted by Crippen LogP contribution is 2.16. The van der Waals surface area contributed by atoms with E-state index in [1.54, 1.807) is 0 Å². The quantitative estimate of drug-likeness (QED) is 0.319. The van der Waals surface area contributed by atoms with E-state index in [9.17, 15) is 0 Å². The maximum atomic E-state index is 5.76. The molecule has 0 atom stereocenters. The Kier molecular flexibility index (Phi) is 11.1. The normalized spacial score (nSPS) is 16.0. The zero-order valence-electron chi connectivity index (χ0n) is 18.6. The van der Waals surface area contributed by atoms with Gasteiger partial charge in [-0.25, -0.2) is 0 Å². The Balaban J connectivity index is 1.59. The summed E-state index contributed by atoms with van der Waals surface area (Å²) < 4.78 is 11.2. The summed E-state index contributed by atoms with van der Waals surface area (Å²) in [5, 5.41) is 6.80. The van der Waals surface area contributed by atoms with Gasteiger partial charge in [0.1, 0.15) is 0 Å². The van der Waals surface area contributed by atoms with Crippen LogP contribution in [0.5, 0.6) is 0 Å². The lowest BCUT2D eigenvalue weighted by atomic mass is 10.0. The fraction of sp³-hybridized carbons (Fsp3) is 0.696. The van der Waals surface area contributed by atoms with Crippen molar-refractivity contribution in [3.8, 4) is 0 Å². The van der Waals surface area contributed by atoms with E-state index in [1.165, 1.54) is 5.56 Å². The lowest BCUT2D eigenvalue weighted by Crippen LogP contribution is -2.52. The Morgan fingerprint density at radius 3 is 2.59 bits per heavy atom. The number of aliphatic imine (C=N–C) groups is 1. The minimum Gasteiger partial charge on any atom is -0.381 e. The topological polar surface area (TPSA) is 58.1 Å². The lowest BCUT2D eigenvalue weighted by Gasteiger charge is -2.39. The second kappa shape index (κ2) is 13.6. The lowest BCUT2D eigenvalue weighted by molar-refractivity contribution is -0.00683. The summed E-state index contributed by atoms with van der Waals surface area (Å²) in [6.45, 7) is 14.4. The number of guanidine groups is 1. The zero-order valence-corrected chi connectivity index (χ0v) is 18.6. The Bertz CT molecular complexity index is 572. The fourth-order valence-electron chi connectivity index (χ4n) is 3.36. The molecule has 1 aliphatic heterocycles. The van der Waals surface area contributed by atoms with Crippen LogP contribution in [0.1, 0.15) is 39.2 Å². The second-order valence-corrected chi connectivity index (χ2v) is 8.09. The van der Waals surface area contributed by atoms with Gasteiger partial charge in [0.15, 0.2) is 5.96 Å². The van der Waals surface area contributed by atoms with Gasteiger partial charge in [0, 0.05) is 38.3 Å². The van der Waals surface area contributed by atoms with Crippen LogP contribution in [-0.2, 0) is 15.9 Å². The number of ether oxygens (including phenoxy) is 2. The van der Waals surface area contributed by atoms with Crippen LogP contribution in [0.15, 0.2) is 35.3 Å². The molecule has 0 amide bonds. The van der Waals surface area contributed by atoms with E-state index in [0.717, 1.165) is 84.4 Å². The average molecular weight is 405 g/mol. The van der Waals surface area contributed by atoms with Gasteiger partial charge in [0.05, 0.1) is 26.4 Å². The van der Waals surface area contributed by atoms with Crippen LogP contribution in [0.4, 0.5) is 0 Å². The molecule has 1 heterocycles. The molecule has 0 spiro atoms. The van der Waals surface area contributed by atoms with Gasteiger partial charge in [-0.3, -0.25) is 9.89 Å². The minimum absolute atomic E-state index is 0.0404. The van der Waals surface area contributed by atoms with Gasteiger partial charge in [-0.05, 0) is 45.6 Å². The van der Waals surface area contributed by atoms with Crippen LogP contribution < -0.4 is 10.6 Å². The molecule has 0 aromatic heterocycles. The molecule has 6 nitrogen and oxygen atoms in total. The molecule has 6 heteroatoms. The van der Waals surface area contributed by atoms with Gasteiger partial charge >= 0.3 is 0 Å². The molecule has 2 N–H and O–H groups in total. The smallest absolute Gasteiger partial charge is 0.191 e. The van der Waals surface area contributed by atoms with Crippen molar-refractivity contribution < 1.29 is 9.47 Å². The predicted octanol–water partition coefficient (Wildman–Crippen LogP) is 2.69. The number of hydrogen-bond donors (Lipinski definition) is 2. The molecule has 0 aliphatic carbocycles. The molecule has 0 bridgehead atoms. The van der Waals surface area contributed by atoms with Crippen molar-refractivity contribution in [3.63, 3.8) is 0 Å². The van der Waals surface area contributed by atoms with E-state index in [0.29, 0.717) is 0 Å². The van der Waals surface area contributed by atoms with Crippen molar-refractivity contribution in [2.75, 3.05) is 59.2 Å². The SMILES string of the molecule is CCNC(=NCC(C)(C)N1CCOCC1)NCCCCOCCc1ccccc1. The predicted molar refractivity (Wildman–Crippen MR) is 121 cm³/mol. The van der Waals surface area contributed by atoms with Crippen molar-refractivity contribution in [2.24, 2.45) is 4.99 Å². The molecule has 1 aromatic rings. The summed E-state index contributed by atoms with van der Waals surface area (Å²) in [7, 11) is 0. The van der Waals surface area contributed by atoms with Crippen molar-refractivity contribution >= 4 is 5.96 Å². The summed E-state index contributed by atoms with van der Waals surface area (Å²) in [4.78, 5) is 7.29. The van der Waals surface area contributed by atoms with Gasteiger partial charge in [-0.1, -0.05) is 30.3 Å². The molecule has 0 radical (unpaired) electrons. The Hall–Kier alpha value is -1.63. The number of rotatable bonds is 12. The van der Waals surface area contributed by atoms with E-state index >= 15 is 0 Å². The van der Waals surface area contributed by atoms with Crippen molar-refractivity contribution in [1.82, 2.24) is 15.5 Å². The molecule has 164 valence electrons. The molecule has 1 saturated heterocycles. The van der Waals surface area contributed by atoms with E-state index in [1.807, 2.05) is 6.07 Å². The fourth-order valence-corrected chi connectivity index (χ4v) is 3.36. The molecule has 1 aliphatic rings. The van der Waals surface area contributed by atoms with E-state index in [2.05, 4.69) is 60.6 Å². The molecule has 0 saturated carbocycles. The molecule has 2 rings (SSSR count). The third-order valence-corrected chi connectivity index (χ3v) is 5.22. The number of nitrogens with zero attached hydrogens (tertiary/aromatic N) is 2. The first-order valence-electron chi connectivity index (χ1n) is 11.1. The Morgan fingerprint density at radius 1 is 1.10 bits per heavy atom. The van der Waals surface area contributed by atoms with Crippen molar-refractivity contribution in [1.29, 1.82) is 0 Å². The van der Waals surface area contributed by atoms with Crippen LogP contribution in [-0.4, -0.2) is 75.5 Å². The summed E-state index contributed by atoms with van der Waals surface area (Å²) in [5.74, 6) is 0.902. The van der Waals surface area contributed by atoms with Crippen molar-refractivity contribution in [2.45, 2.75) is 45.6 Å². The Labute approximate surface area is 177 Å². The van der Waals surface area contributed by atoms with Crippen LogP contribution in [0.25, 0.3) is 0 Å². The van der Waals surface area contributed by atoms with Crippen LogP contribution >= 0.6 is 0 Å². The first-order valence-corrected chi connectivity index (χ1v) is 11.1. The molecular formula is C23H40N4O2. The summed E-state index contributed by atoms with van der Waals surface area (Å²) in [6.07, 6.45) is 3.11. The van der Waals surface area contributed by atoms with Gasteiger partial charge in [-0.15, -0.1) is 0 Å². The molecule has 29 heavy (non-hydrogen) atoms. The monoisotopic (exact) mass is 404 g/mol. The van der Waals surface area contributed by atoms with E-state index in [4.69, 9.17) is 14.5 Å². The third-order valence-electron chi connectivity index (χ3n) is 5.22. The molecule has 1 fully saturated rings. The third kappa shape index (κ3) is 9.61. The summed E-state index contributed by atoms with van der Waals surface area (Å²) >= 11 is 0. The maximum absolute atomic E-state index is 5.76. The van der Waals surface area contributed by atoms with Gasteiger partial charge in [0.25, 0.3) is 0 Å². The standard InChI is InChI=1S/C23H40N4O2/c1-4-24-22(26-20-23(2,3)27-14-18-29-19-15-27)25-13-8-9-16-28-17-12-21-10-6-5-7-11-21/h5-7,10-11H,4,8-9,12-20H2,1-3H3,(H2,24,25,26). The number of morpholine rings is 1. The zero-order chi connectivity index (χ0) is 20.8. The summed E-state index contributed by atoms with van der Waals surface area (Å²) in [6, 6.07) is 10.5. The highest BCUT2D eigenvalue weighted by atomic mass is 16.5. The Morgan fingerprint density at radius 2 is 1.86 bits per heavy atom. The van der Waals surface area contributed by atoms with Crippen LogP contribution in [0.3, 0.4) is 0 Å². The van der Waals surface area contributed by atoms with Gasteiger partial charge in [0.2, 0.25) is 0 Å². The number of hydrogen-bond acceptors (Lipinski definition) is 4. The van der Waals surface area contributed by atoms with Gasteiger partial charge < -0.3 is 20.1 Å². The molecule has 0 unspecified atom stereocenters. The average Bonchev–Trinajstić information content (AvgIpc) is 2.75. The van der Waals surface area contributed by atoms with Crippen LogP contribution in [0.2, 0.25) is 0 Å². The molecular weight excluding hydrogens is 364 g/mol. The number of benzene rings is 1. The van der Waals surface area contributed by atoms with Crippen molar-refractivity contribution in [3.05, 3.63) is 35.9 Å². The number of unbranched alkanes of at least 4 members (excludes halogenated alkanes) is 1. The van der Waals surface area contributed by atoms with Crippen LogP contribution in [0, 0.1) is 0 Å². The minimum atomic E-state index is 0.0404. The first kappa shape index (κ1) is 23.6. The van der Waals surface area contributed by atoms with Gasteiger partial charge in [-0.2, -0.15) is 0 Å².